The molecule has 1 aromatic carbocycles. The van der Waals surface area contributed by atoms with Crippen LogP contribution in [0.25, 0.3) is 0 Å². The van der Waals surface area contributed by atoms with Gasteiger partial charge in [0.25, 0.3) is 0 Å². The highest BCUT2D eigenvalue weighted by atomic mass is 19.2. The van der Waals surface area contributed by atoms with E-state index in [2.05, 4.69) is 5.32 Å². The fraction of sp³-hybridized carbons (Fsp3) is 0.500. The maximum atomic E-state index is 13.0. The summed E-state index contributed by atoms with van der Waals surface area (Å²) in [5, 5.41) is 11.4. The van der Waals surface area contributed by atoms with Gasteiger partial charge in [0.15, 0.2) is 11.6 Å². The van der Waals surface area contributed by atoms with Gasteiger partial charge in [0.1, 0.15) is 0 Å². The molecule has 4 nitrogen and oxygen atoms in total. The van der Waals surface area contributed by atoms with Crippen molar-refractivity contribution in [3.8, 4) is 0 Å². The number of rotatable bonds is 8. The zero-order valence-corrected chi connectivity index (χ0v) is 12.8. The Morgan fingerprint density at radius 3 is 2.45 bits per heavy atom. The van der Waals surface area contributed by atoms with E-state index in [0.717, 1.165) is 12.1 Å². The van der Waals surface area contributed by atoms with Gasteiger partial charge in [-0.15, -0.1) is 0 Å². The second kappa shape index (κ2) is 7.87. The number of hydrogen-bond acceptors (Lipinski definition) is 2. The molecule has 0 unspecified atom stereocenters. The van der Waals surface area contributed by atoms with Crippen LogP contribution in [0, 0.1) is 11.6 Å². The van der Waals surface area contributed by atoms with Gasteiger partial charge in [0.2, 0.25) is 5.91 Å². The fourth-order valence-corrected chi connectivity index (χ4v) is 2.07. The predicted molar refractivity (Wildman–Crippen MR) is 78.4 cm³/mol. The van der Waals surface area contributed by atoms with Crippen LogP contribution in [-0.2, 0) is 16.0 Å². The number of carbonyl (C=O) groups excluding carboxylic acids is 1. The SMILES string of the molecule is CC(C)(CCC(=O)O)NC(=O)CCCc1ccc(F)c(F)c1. The first kappa shape index (κ1) is 18.1. The Hall–Kier alpha value is -1.98. The average Bonchev–Trinajstić information content (AvgIpc) is 2.40. The number of benzene rings is 1. The minimum atomic E-state index is -0.902. The van der Waals surface area contributed by atoms with Crippen LogP contribution in [0.5, 0.6) is 0 Å². The zero-order valence-electron chi connectivity index (χ0n) is 12.8. The Kier molecular flexibility index (Phi) is 6.46. The number of amides is 1. The summed E-state index contributed by atoms with van der Waals surface area (Å²) in [6.07, 6.45) is 1.56. The molecule has 0 spiro atoms. The Labute approximate surface area is 128 Å². The minimum absolute atomic E-state index is 0.0118. The summed E-state index contributed by atoms with van der Waals surface area (Å²) in [7, 11) is 0. The average molecular weight is 313 g/mol. The smallest absolute Gasteiger partial charge is 0.303 e. The summed E-state index contributed by atoms with van der Waals surface area (Å²) in [4.78, 5) is 22.4. The molecule has 0 saturated carbocycles. The largest absolute Gasteiger partial charge is 0.481 e. The first-order chi connectivity index (χ1) is 10.2. The lowest BCUT2D eigenvalue weighted by Crippen LogP contribution is -2.43. The number of carboxylic acids is 1. The minimum Gasteiger partial charge on any atom is -0.481 e. The molecule has 0 radical (unpaired) electrons. The highest BCUT2D eigenvalue weighted by Gasteiger charge is 2.21. The van der Waals surface area contributed by atoms with Crippen molar-refractivity contribution < 1.29 is 23.5 Å². The molecule has 0 atom stereocenters. The van der Waals surface area contributed by atoms with Crippen molar-refractivity contribution in [3.05, 3.63) is 35.4 Å². The molecule has 0 aromatic heterocycles. The monoisotopic (exact) mass is 313 g/mol. The van der Waals surface area contributed by atoms with Crippen LogP contribution in [0.3, 0.4) is 0 Å². The second-order valence-corrected chi connectivity index (χ2v) is 5.93. The Morgan fingerprint density at radius 2 is 1.86 bits per heavy atom. The van der Waals surface area contributed by atoms with E-state index in [1.807, 2.05) is 0 Å². The zero-order chi connectivity index (χ0) is 16.8. The van der Waals surface area contributed by atoms with E-state index >= 15 is 0 Å². The quantitative estimate of drug-likeness (QED) is 0.775. The van der Waals surface area contributed by atoms with Crippen LogP contribution in [0.2, 0.25) is 0 Å². The molecular formula is C16H21F2NO3. The molecule has 0 bridgehead atoms. The lowest BCUT2D eigenvalue weighted by atomic mass is 9.98. The Balaban J connectivity index is 2.36. The molecule has 0 saturated heterocycles. The topological polar surface area (TPSA) is 66.4 Å². The number of hydrogen-bond donors (Lipinski definition) is 2. The van der Waals surface area contributed by atoms with Crippen LogP contribution in [0.1, 0.15) is 45.1 Å². The summed E-state index contributed by atoms with van der Waals surface area (Å²) < 4.78 is 25.8. The van der Waals surface area contributed by atoms with Gasteiger partial charge in [-0.1, -0.05) is 6.07 Å². The highest BCUT2D eigenvalue weighted by Crippen LogP contribution is 2.13. The normalized spacial score (nSPS) is 11.3. The number of halogens is 2. The first-order valence-corrected chi connectivity index (χ1v) is 7.16. The van der Waals surface area contributed by atoms with Crippen molar-refractivity contribution in [1.29, 1.82) is 0 Å². The molecule has 1 rings (SSSR count). The van der Waals surface area contributed by atoms with E-state index in [0.29, 0.717) is 24.8 Å². The molecule has 0 aliphatic carbocycles. The molecular weight excluding hydrogens is 292 g/mol. The van der Waals surface area contributed by atoms with E-state index in [1.54, 1.807) is 13.8 Å². The third-order valence-electron chi connectivity index (χ3n) is 3.29. The van der Waals surface area contributed by atoms with Crippen LogP contribution in [-0.4, -0.2) is 22.5 Å². The third kappa shape index (κ3) is 6.65. The molecule has 1 aromatic rings. The summed E-state index contributed by atoms with van der Waals surface area (Å²) in [5.74, 6) is -2.86. The van der Waals surface area contributed by atoms with Crippen LogP contribution in [0.4, 0.5) is 8.78 Å². The van der Waals surface area contributed by atoms with Crippen molar-refractivity contribution >= 4 is 11.9 Å². The summed E-state index contributed by atoms with van der Waals surface area (Å²) in [6, 6.07) is 3.69. The van der Waals surface area contributed by atoms with Crippen molar-refractivity contribution in [2.75, 3.05) is 0 Å². The molecule has 1 amide bonds. The van der Waals surface area contributed by atoms with Crippen molar-refractivity contribution in [1.82, 2.24) is 5.32 Å². The maximum absolute atomic E-state index is 13.0. The van der Waals surface area contributed by atoms with Crippen LogP contribution < -0.4 is 5.32 Å². The van der Waals surface area contributed by atoms with Gasteiger partial charge in [-0.3, -0.25) is 9.59 Å². The number of nitrogens with one attached hydrogen (secondary N) is 1. The molecule has 0 aliphatic rings. The van der Waals surface area contributed by atoms with E-state index in [1.165, 1.54) is 6.07 Å². The molecule has 2 N–H and O–H groups in total. The van der Waals surface area contributed by atoms with E-state index in [9.17, 15) is 18.4 Å². The van der Waals surface area contributed by atoms with Gasteiger partial charge in [0.05, 0.1) is 0 Å². The number of carbonyl (C=O) groups is 2. The molecule has 0 aliphatic heterocycles. The van der Waals surface area contributed by atoms with Gasteiger partial charge >= 0.3 is 5.97 Å². The van der Waals surface area contributed by atoms with Crippen molar-refractivity contribution in [3.63, 3.8) is 0 Å². The van der Waals surface area contributed by atoms with Crippen molar-refractivity contribution in [2.24, 2.45) is 0 Å². The highest BCUT2D eigenvalue weighted by molar-refractivity contribution is 5.76. The number of aliphatic carboxylic acids is 1. The van der Waals surface area contributed by atoms with E-state index in [-0.39, 0.29) is 18.7 Å². The van der Waals surface area contributed by atoms with Crippen LogP contribution >= 0.6 is 0 Å². The number of carboxylic acid groups (broad SMARTS) is 1. The summed E-state index contributed by atoms with van der Waals surface area (Å²) in [5.41, 5.74) is 0.0501. The van der Waals surface area contributed by atoms with Gasteiger partial charge in [-0.05, 0) is 50.8 Å². The van der Waals surface area contributed by atoms with Gasteiger partial charge < -0.3 is 10.4 Å². The third-order valence-corrected chi connectivity index (χ3v) is 3.29. The fourth-order valence-electron chi connectivity index (χ4n) is 2.07. The maximum Gasteiger partial charge on any atom is 0.303 e. The van der Waals surface area contributed by atoms with Gasteiger partial charge in [-0.25, -0.2) is 8.78 Å². The van der Waals surface area contributed by atoms with Gasteiger partial charge in [0, 0.05) is 18.4 Å². The first-order valence-electron chi connectivity index (χ1n) is 7.16. The summed E-state index contributed by atoms with van der Waals surface area (Å²) in [6.45, 7) is 3.53. The number of aryl methyl sites for hydroxylation is 1. The van der Waals surface area contributed by atoms with Gasteiger partial charge in [-0.2, -0.15) is 0 Å². The lowest BCUT2D eigenvalue weighted by Gasteiger charge is -2.25. The predicted octanol–water partition coefficient (Wildman–Crippen LogP) is 3.05. The molecule has 122 valence electrons. The Bertz CT molecular complexity index is 544. The summed E-state index contributed by atoms with van der Waals surface area (Å²) >= 11 is 0. The Morgan fingerprint density at radius 1 is 1.18 bits per heavy atom. The van der Waals surface area contributed by atoms with Crippen molar-refractivity contribution in [2.45, 2.75) is 51.5 Å². The van der Waals surface area contributed by atoms with Crippen LogP contribution in [0.15, 0.2) is 18.2 Å². The molecule has 6 heteroatoms. The van der Waals surface area contributed by atoms with E-state index < -0.39 is 23.1 Å². The second-order valence-electron chi connectivity index (χ2n) is 5.93. The lowest BCUT2D eigenvalue weighted by molar-refractivity contribution is -0.137. The molecule has 0 fully saturated rings. The van der Waals surface area contributed by atoms with E-state index in [4.69, 9.17) is 5.11 Å². The molecule has 22 heavy (non-hydrogen) atoms. The standard InChI is InChI=1S/C16H21F2NO3/c1-16(2,9-8-15(21)22)19-14(20)5-3-4-11-6-7-12(17)13(18)10-11/h6-7,10H,3-5,8-9H2,1-2H3,(H,19,20)(H,21,22). The molecule has 0 heterocycles.